The number of aromatic nitrogens is 1. The largest absolute Gasteiger partial charge is 0.382 e. The maximum absolute atomic E-state index is 7.49. The normalized spacial score (nSPS) is 10.3. The Hall–Kier alpha value is -2.36. The highest BCUT2D eigenvalue weighted by Crippen LogP contribution is 2.17. The predicted molar refractivity (Wildman–Crippen MR) is 87.7 cm³/mol. The van der Waals surface area contributed by atoms with E-state index < -0.39 is 0 Å². The molecule has 0 saturated carbocycles. The number of benzene rings is 1. The van der Waals surface area contributed by atoms with Gasteiger partial charge in [-0.25, -0.2) is 0 Å². The van der Waals surface area contributed by atoms with Gasteiger partial charge in [0.05, 0.1) is 0 Å². The molecule has 0 amide bonds. The summed E-state index contributed by atoms with van der Waals surface area (Å²) < 4.78 is 0. The minimum atomic E-state index is 0.0108. The molecule has 2 rings (SSSR count). The second-order valence-electron chi connectivity index (χ2n) is 5.07. The maximum Gasteiger partial charge on any atom is 0.141 e. The summed E-state index contributed by atoms with van der Waals surface area (Å²) in [5.41, 5.74) is 8.39. The third kappa shape index (κ3) is 4.31. The fourth-order valence-electron chi connectivity index (χ4n) is 2.23. The molecule has 0 aliphatic rings. The van der Waals surface area contributed by atoms with Gasteiger partial charge in [0.25, 0.3) is 0 Å². The molecule has 0 bridgehead atoms. The molecule has 0 aliphatic heterocycles. The lowest BCUT2D eigenvalue weighted by Gasteiger charge is -2.25. The Kier molecular flexibility index (Phi) is 5.32. The number of hydrogen-bond donors (Lipinski definition) is 2. The van der Waals surface area contributed by atoms with E-state index in [0.29, 0.717) is 5.69 Å². The lowest BCUT2D eigenvalue weighted by atomic mass is 10.1. The van der Waals surface area contributed by atoms with Crippen LogP contribution in [0, 0.1) is 5.41 Å². The van der Waals surface area contributed by atoms with Crippen LogP contribution in [0.1, 0.15) is 31.0 Å². The zero-order valence-corrected chi connectivity index (χ0v) is 12.4. The summed E-state index contributed by atoms with van der Waals surface area (Å²) in [7, 11) is 0. The highest BCUT2D eigenvalue weighted by molar-refractivity contribution is 5.93. The van der Waals surface area contributed by atoms with Crippen molar-refractivity contribution in [1.82, 2.24) is 4.98 Å². The first-order valence-electron chi connectivity index (χ1n) is 7.30. The summed E-state index contributed by atoms with van der Waals surface area (Å²) >= 11 is 0. The van der Waals surface area contributed by atoms with Crippen LogP contribution in [0.15, 0.2) is 48.7 Å². The van der Waals surface area contributed by atoms with Crippen LogP contribution in [0.4, 0.5) is 5.69 Å². The monoisotopic (exact) mass is 282 g/mol. The number of amidine groups is 1. The Morgan fingerprint density at radius 2 is 2.00 bits per heavy atom. The van der Waals surface area contributed by atoms with Gasteiger partial charge >= 0.3 is 0 Å². The molecule has 21 heavy (non-hydrogen) atoms. The van der Waals surface area contributed by atoms with Crippen LogP contribution in [0.5, 0.6) is 0 Å². The minimum Gasteiger partial charge on any atom is -0.382 e. The molecule has 0 fully saturated rings. The van der Waals surface area contributed by atoms with Gasteiger partial charge < -0.3 is 10.6 Å². The van der Waals surface area contributed by atoms with E-state index in [1.165, 1.54) is 12.1 Å². The number of nitrogens with two attached hydrogens (primary N) is 1. The quantitative estimate of drug-likeness (QED) is 0.605. The molecule has 0 atom stereocenters. The number of para-hydroxylation sites is 1. The average Bonchev–Trinajstić information content (AvgIpc) is 2.52. The van der Waals surface area contributed by atoms with Gasteiger partial charge in [-0.15, -0.1) is 0 Å². The Morgan fingerprint density at radius 1 is 1.24 bits per heavy atom. The van der Waals surface area contributed by atoms with E-state index in [0.717, 1.165) is 25.1 Å². The van der Waals surface area contributed by atoms with E-state index in [-0.39, 0.29) is 5.84 Å². The summed E-state index contributed by atoms with van der Waals surface area (Å²) in [6.45, 7) is 4.01. The molecular weight excluding hydrogens is 260 g/mol. The summed E-state index contributed by atoms with van der Waals surface area (Å²) in [6, 6.07) is 14.3. The Bertz CT molecular complexity index is 580. The van der Waals surface area contributed by atoms with Gasteiger partial charge in [0.2, 0.25) is 0 Å². The molecule has 0 radical (unpaired) electrons. The SMILES string of the molecule is CCCCN(Cc1ccnc(C(=N)N)c1)c1ccccc1. The summed E-state index contributed by atoms with van der Waals surface area (Å²) in [6.07, 6.45) is 4.03. The molecule has 3 N–H and O–H groups in total. The number of unbranched alkanes of at least 4 members (excludes halogenated alkanes) is 1. The maximum atomic E-state index is 7.49. The van der Waals surface area contributed by atoms with E-state index >= 15 is 0 Å². The van der Waals surface area contributed by atoms with Crippen molar-refractivity contribution in [1.29, 1.82) is 5.41 Å². The van der Waals surface area contributed by atoms with E-state index in [2.05, 4.69) is 41.1 Å². The fourth-order valence-corrected chi connectivity index (χ4v) is 2.23. The molecule has 4 nitrogen and oxygen atoms in total. The molecule has 0 unspecified atom stereocenters. The van der Waals surface area contributed by atoms with Crippen LogP contribution in [-0.2, 0) is 6.54 Å². The Morgan fingerprint density at radius 3 is 2.67 bits per heavy atom. The number of nitrogen functional groups attached to an aromatic ring is 1. The van der Waals surface area contributed by atoms with Crippen LogP contribution in [0.2, 0.25) is 0 Å². The van der Waals surface area contributed by atoms with Gasteiger partial charge in [0, 0.05) is 25.0 Å². The molecule has 2 aromatic rings. The highest BCUT2D eigenvalue weighted by Gasteiger charge is 2.08. The van der Waals surface area contributed by atoms with Gasteiger partial charge in [-0.05, 0) is 36.2 Å². The molecule has 0 spiro atoms. The molecule has 110 valence electrons. The van der Waals surface area contributed by atoms with E-state index in [1.807, 2.05) is 18.2 Å². The third-order valence-corrected chi connectivity index (χ3v) is 3.38. The van der Waals surface area contributed by atoms with Crippen LogP contribution in [0.25, 0.3) is 0 Å². The number of rotatable bonds is 7. The number of pyridine rings is 1. The topological polar surface area (TPSA) is 66.0 Å². The van der Waals surface area contributed by atoms with E-state index in [9.17, 15) is 0 Å². The summed E-state index contributed by atoms with van der Waals surface area (Å²) in [5.74, 6) is 0.0108. The fraction of sp³-hybridized carbons (Fsp3) is 0.294. The van der Waals surface area contributed by atoms with Crippen molar-refractivity contribution in [3.05, 3.63) is 59.9 Å². The van der Waals surface area contributed by atoms with Crippen molar-refractivity contribution in [2.75, 3.05) is 11.4 Å². The minimum absolute atomic E-state index is 0.0108. The lowest BCUT2D eigenvalue weighted by molar-refractivity contribution is 0.715. The number of hydrogen-bond acceptors (Lipinski definition) is 3. The van der Waals surface area contributed by atoms with Crippen LogP contribution >= 0.6 is 0 Å². The van der Waals surface area contributed by atoms with Crippen molar-refractivity contribution in [2.24, 2.45) is 5.73 Å². The number of nitrogens with zero attached hydrogens (tertiary/aromatic N) is 2. The summed E-state index contributed by atoms with van der Waals surface area (Å²) in [5, 5.41) is 7.49. The van der Waals surface area contributed by atoms with Crippen molar-refractivity contribution >= 4 is 11.5 Å². The predicted octanol–water partition coefficient (Wildman–Crippen LogP) is 3.17. The molecule has 4 heteroatoms. The number of nitrogens with one attached hydrogen (secondary N) is 1. The second-order valence-corrected chi connectivity index (χ2v) is 5.07. The Balaban J connectivity index is 2.18. The zero-order chi connectivity index (χ0) is 15.1. The van der Waals surface area contributed by atoms with Gasteiger partial charge in [0.15, 0.2) is 0 Å². The van der Waals surface area contributed by atoms with Crippen molar-refractivity contribution < 1.29 is 0 Å². The molecule has 0 aliphatic carbocycles. The molecule has 1 aromatic heterocycles. The standard InChI is InChI=1S/C17H22N4/c1-2-3-11-21(15-7-5-4-6-8-15)13-14-9-10-20-16(12-14)17(18)19/h4-10,12H,2-3,11,13H2,1H3,(H3,18,19). The third-order valence-electron chi connectivity index (χ3n) is 3.38. The van der Waals surface area contributed by atoms with Crippen molar-refractivity contribution in [3.63, 3.8) is 0 Å². The lowest BCUT2D eigenvalue weighted by Crippen LogP contribution is -2.24. The van der Waals surface area contributed by atoms with Gasteiger partial charge in [-0.2, -0.15) is 0 Å². The van der Waals surface area contributed by atoms with E-state index in [1.54, 1.807) is 6.20 Å². The van der Waals surface area contributed by atoms with E-state index in [4.69, 9.17) is 11.1 Å². The summed E-state index contributed by atoms with van der Waals surface area (Å²) in [4.78, 5) is 6.46. The highest BCUT2D eigenvalue weighted by atomic mass is 15.1. The number of anilines is 1. The first kappa shape index (κ1) is 15.0. The first-order valence-corrected chi connectivity index (χ1v) is 7.30. The average molecular weight is 282 g/mol. The van der Waals surface area contributed by atoms with Crippen molar-refractivity contribution in [2.45, 2.75) is 26.3 Å². The first-order chi connectivity index (χ1) is 10.2. The molecular formula is C17H22N4. The van der Waals surface area contributed by atoms with Crippen LogP contribution < -0.4 is 10.6 Å². The van der Waals surface area contributed by atoms with Gasteiger partial charge in [-0.1, -0.05) is 31.5 Å². The van der Waals surface area contributed by atoms with Crippen molar-refractivity contribution in [3.8, 4) is 0 Å². The van der Waals surface area contributed by atoms with Gasteiger partial charge in [-0.3, -0.25) is 10.4 Å². The van der Waals surface area contributed by atoms with Crippen LogP contribution in [0.3, 0.4) is 0 Å². The molecule has 0 saturated heterocycles. The zero-order valence-electron chi connectivity index (χ0n) is 12.4. The second kappa shape index (κ2) is 7.43. The molecule has 1 aromatic carbocycles. The van der Waals surface area contributed by atoms with Gasteiger partial charge in [0.1, 0.15) is 11.5 Å². The van der Waals surface area contributed by atoms with Crippen LogP contribution in [-0.4, -0.2) is 17.4 Å². The smallest absolute Gasteiger partial charge is 0.141 e. The molecule has 1 heterocycles. The Labute approximate surface area is 126 Å².